The second kappa shape index (κ2) is 15.9. The topological polar surface area (TPSA) is 92.2 Å². The standard InChI is InChI=1S/C40H35BrF3N3O4/c41-35-14-7-5-11-31(35)25-39(38(49)47-45-26-32-12-4-6-13-34(32)40(42,43)44)36(29-17-15-28(16-18-29)27-9-2-1-3-10-27)51-37(46-39)30-19-21-33(22-20-30)50-24-8-23-48/h1-7,9-22,36,45,48H,8,23-26H2,(H,47,49)/t36-,39-/m0/s1. The summed E-state index contributed by atoms with van der Waals surface area (Å²) in [5.41, 5.74) is 7.06. The van der Waals surface area contributed by atoms with Gasteiger partial charge in [0.1, 0.15) is 5.75 Å². The number of ether oxygens (including phenoxy) is 2. The molecule has 5 aromatic carbocycles. The van der Waals surface area contributed by atoms with Crippen LogP contribution in [0, 0.1) is 0 Å². The Morgan fingerprint density at radius 1 is 0.824 bits per heavy atom. The number of aliphatic imine (C=N–C) groups is 1. The molecule has 0 unspecified atom stereocenters. The Bertz CT molecular complexity index is 1970. The molecule has 7 nitrogen and oxygen atoms in total. The maximum absolute atomic E-state index is 14.6. The van der Waals surface area contributed by atoms with Gasteiger partial charge >= 0.3 is 6.18 Å². The summed E-state index contributed by atoms with van der Waals surface area (Å²) in [6.07, 6.45) is -4.89. The number of alkyl halides is 3. The number of aliphatic hydroxyl groups is 1. The Morgan fingerprint density at radius 3 is 2.14 bits per heavy atom. The number of amides is 1. The average Bonchev–Trinajstić information content (AvgIpc) is 3.53. The van der Waals surface area contributed by atoms with Gasteiger partial charge in [-0.15, -0.1) is 0 Å². The van der Waals surface area contributed by atoms with E-state index in [0.717, 1.165) is 27.2 Å². The first-order valence-electron chi connectivity index (χ1n) is 16.4. The summed E-state index contributed by atoms with van der Waals surface area (Å²) < 4.78 is 54.3. The molecule has 11 heteroatoms. The molecule has 0 fully saturated rings. The van der Waals surface area contributed by atoms with Crippen LogP contribution in [0.4, 0.5) is 13.2 Å². The molecule has 1 aliphatic heterocycles. The summed E-state index contributed by atoms with van der Waals surface area (Å²) in [6.45, 7) is 0.0873. The molecule has 0 radical (unpaired) electrons. The molecule has 2 atom stereocenters. The number of nitrogens with one attached hydrogen (secondary N) is 2. The van der Waals surface area contributed by atoms with Crippen molar-refractivity contribution < 1.29 is 32.5 Å². The van der Waals surface area contributed by atoms with Crippen molar-refractivity contribution in [3.63, 3.8) is 0 Å². The predicted octanol–water partition coefficient (Wildman–Crippen LogP) is 8.22. The van der Waals surface area contributed by atoms with Crippen LogP contribution in [0.2, 0.25) is 0 Å². The van der Waals surface area contributed by atoms with E-state index in [4.69, 9.17) is 19.6 Å². The third-order valence-electron chi connectivity index (χ3n) is 8.57. The first-order chi connectivity index (χ1) is 24.7. The minimum atomic E-state index is -4.56. The number of aliphatic hydroxyl groups excluding tert-OH is 1. The fraction of sp³-hybridized carbons (Fsp3) is 0.200. The van der Waals surface area contributed by atoms with Gasteiger partial charge in [0, 0.05) is 36.0 Å². The van der Waals surface area contributed by atoms with Gasteiger partial charge in [-0.2, -0.15) is 13.2 Å². The summed E-state index contributed by atoms with van der Waals surface area (Å²) in [6, 6.07) is 37.4. The summed E-state index contributed by atoms with van der Waals surface area (Å²) in [5, 5.41) is 9.10. The van der Waals surface area contributed by atoms with Crippen molar-refractivity contribution in [1.82, 2.24) is 10.9 Å². The highest BCUT2D eigenvalue weighted by atomic mass is 79.9. The van der Waals surface area contributed by atoms with Crippen LogP contribution in [0.25, 0.3) is 11.1 Å². The second-order valence-electron chi connectivity index (χ2n) is 12.0. The van der Waals surface area contributed by atoms with E-state index in [2.05, 4.69) is 26.8 Å². The number of nitrogens with zero attached hydrogens (tertiary/aromatic N) is 1. The maximum Gasteiger partial charge on any atom is 0.416 e. The van der Waals surface area contributed by atoms with Crippen LogP contribution in [-0.4, -0.2) is 35.7 Å². The lowest BCUT2D eigenvalue weighted by Gasteiger charge is -2.31. The number of carbonyl (C=O) groups is 1. The SMILES string of the molecule is O=C(NNCc1ccccc1C(F)(F)F)[C@@]1(Cc2ccccc2Br)N=C(c2ccc(OCCCO)cc2)O[C@H]1c1ccc(-c2ccccc2)cc1. The van der Waals surface area contributed by atoms with Gasteiger partial charge in [0.25, 0.3) is 5.91 Å². The zero-order valence-corrected chi connectivity index (χ0v) is 29.0. The number of hydrogen-bond donors (Lipinski definition) is 3. The molecule has 6 rings (SSSR count). The molecule has 262 valence electrons. The molecule has 0 bridgehead atoms. The lowest BCUT2D eigenvalue weighted by molar-refractivity contribution is -0.138. The Balaban J connectivity index is 1.38. The maximum atomic E-state index is 14.6. The van der Waals surface area contributed by atoms with Crippen LogP contribution < -0.4 is 15.6 Å². The molecule has 3 N–H and O–H groups in total. The number of halogens is 4. The van der Waals surface area contributed by atoms with Crippen molar-refractivity contribution in [1.29, 1.82) is 0 Å². The number of hydrazine groups is 1. The van der Waals surface area contributed by atoms with Gasteiger partial charge in [-0.1, -0.05) is 107 Å². The fourth-order valence-electron chi connectivity index (χ4n) is 5.97. The third kappa shape index (κ3) is 8.33. The van der Waals surface area contributed by atoms with Crippen LogP contribution in [0.15, 0.2) is 137 Å². The van der Waals surface area contributed by atoms with Crippen LogP contribution >= 0.6 is 15.9 Å². The Kier molecular flexibility index (Phi) is 11.2. The zero-order valence-electron chi connectivity index (χ0n) is 27.4. The van der Waals surface area contributed by atoms with Gasteiger partial charge in [-0.3, -0.25) is 10.2 Å². The van der Waals surface area contributed by atoms with Crippen molar-refractivity contribution in [2.24, 2.45) is 4.99 Å². The second-order valence-corrected chi connectivity index (χ2v) is 12.9. The van der Waals surface area contributed by atoms with E-state index in [0.29, 0.717) is 29.9 Å². The zero-order chi connectivity index (χ0) is 35.8. The molecular weight excluding hydrogens is 723 g/mol. The highest BCUT2D eigenvalue weighted by Gasteiger charge is 2.53. The van der Waals surface area contributed by atoms with E-state index in [1.165, 1.54) is 18.2 Å². The van der Waals surface area contributed by atoms with Crippen LogP contribution in [0.3, 0.4) is 0 Å². The molecule has 5 aromatic rings. The Morgan fingerprint density at radius 2 is 1.45 bits per heavy atom. The monoisotopic (exact) mass is 757 g/mol. The first-order valence-corrected chi connectivity index (χ1v) is 17.1. The lowest BCUT2D eigenvalue weighted by atomic mass is 9.82. The molecule has 0 saturated heterocycles. The normalized spacial score (nSPS) is 17.0. The van der Waals surface area contributed by atoms with Crippen LogP contribution in [-0.2, 0) is 28.7 Å². The van der Waals surface area contributed by atoms with Crippen LogP contribution in [0.1, 0.15) is 40.3 Å². The Labute approximate surface area is 302 Å². The van der Waals surface area contributed by atoms with Crippen LogP contribution in [0.5, 0.6) is 5.75 Å². The average molecular weight is 759 g/mol. The van der Waals surface area contributed by atoms with Crippen molar-refractivity contribution in [3.8, 4) is 16.9 Å². The van der Waals surface area contributed by atoms with Gasteiger partial charge in [-0.05, 0) is 64.2 Å². The predicted molar refractivity (Wildman–Crippen MR) is 193 cm³/mol. The van der Waals surface area contributed by atoms with Gasteiger partial charge in [-0.25, -0.2) is 10.4 Å². The minimum Gasteiger partial charge on any atom is -0.494 e. The fourth-order valence-corrected chi connectivity index (χ4v) is 6.40. The largest absolute Gasteiger partial charge is 0.494 e. The third-order valence-corrected chi connectivity index (χ3v) is 9.35. The number of rotatable bonds is 13. The molecule has 1 heterocycles. The van der Waals surface area contributed by atoms with Gasteiger partial charge < -0.3 is 14.6 Å². The molecule has 0 aliphatic carbocycles. The quantitative estimate of drug-likeness (QED) is 0.0832. The van der Waals surface area contributed by atoms with Gasteiger partial charge in [0.15, 0.2) is 11.6 Å². The van der Waals surface area contributed by atoms with Crippen molar-refractivity contribution in [2.75, 3.05) is 13.2 Å². The highest BCUT2D eigenvalue weighted by Crippen LogP contribution is 2.44. The van der Waals surface area contributed by atoms with E-state index in [9.17, 15) is 18.0 Å². The van der Waals surface area contributed by atoms with Gasteiger partial charge in [0.2, 0.25) is 5.90 Å². The summed E-state index contributed by atoms with van der Waals surface area (Å²) in [4.78, 5) is 19.6. The minimum absolute atomic E-state index is 0.0157. The van der Waals surface area contributed by atoms with Gasteiger partial charge in [0.05, 0.1) is 12.2 Å². The number of carbonyl (C=O) groups excluding carboxylic acids is 1. The van der Waals surface area contributed by atoms with E-state index in [1.807, 2.05) is 78.9 Å². The molecular formula is C40H35BrF3N3O4. The summed E-state index contributed by atoms with van der Waals surface area (Å²) in [7, 11) is 0. The van der Waals surface area contributed by atoms with E-state index in [-0.39, 0.29) is 31.0 Å². The molecule has 1 amide bonds. The molecule has 51 heavy (non-hydrogen) atoms. The van der Waals surface area contributed by atoms with E-state index >= 15 is 0 Å². The van der Waals surface area contributed by atoms with Crippen molar-refractivity contribution >= 4 is 27.7 Å². The Hall–Kier alpha value is -4.97. The number of benzene rings is 5. The number of hydrogen-bond acceptors (Lipinski definition) is 6. The molecule has 0 spiro atoms. The molecule has 1 aliphatic rings. The van der Waals surface area contributed by atoms with Crippen molar-refractivity contribution in [3.05, 3.63) is 160 Å². The first kappa shape index (κ1) is 35.8. The lowest BCUT2D eigenvalue weighted by Crippen LogP contribution is -2.53. The summed E-state index contributed by atoms with van der Waals surface area (Å²) >= 11 is 3.62. The van der Waals surface area contributed by atoms with Crippen molar-refractivity contribution in [2.45, 2.75) is 37.2 Å². The van der Waals surface area contributed by atoms with E-state index in [1.54, 1.807) is 24.3 Å². The summed E-state index contributed by atoms with van der Waals surface area (Å²) in [5.74, 6) is 0.233. The van der Waals surface area contributed by atoms with E-state index < -0.39 is 29.3 Å². The molecule has 0 saturated carbocycles. The smallest absolute Gasteiger partial charge is 0.416 e. The highest BCUT2D eigenvalue weighted by molar-refractivity contribution is 9.10. The molecule has 0 aromatic heterocycles.